The van der Waals surface area contributed by atoms with Gasteiger partial charge in [-0.05, 0) is 44.4 Å². The molecular weight excluding hydrogens is 340 g/mol. The lowest BCUT2D eigenvalue weighted by Crippen LogP contribution is -2.28. The molecule has 0 bridgehead atoms. The smallest absolute Gasteiger partial charge is 0.266 e. The van der Waals surface area contributed by atoms with Crippen LogP contribution < -0.4 is 10.9 Å². The molecule has 2 aromatic rings. The number of aryl methyl sites for hydroxylation is 1. The third-order valence-electron chi connectivity index (χ3n) is 4.33. The normalized spacial score (nSPS) is 11.7. The van der Waals surface area contributed by atoms with Crippen LogP contribution in [0.5, 0.6) is 0 Å². The van der Waals surface area contributed by atoms with Gasteiger partial charge in [0, 0.05) is 23.7 Å². The van der Waals surface area contributed by atoms with E-state index in [-0.39, 0.29) is 23.5 Å². The second-order valence-corrected chi connectivity index (χ2v) is 6.12. The molecule has 136 valence electrons. The van der Waals surface area contributed by atoms with E-state index in [2.05, 4.69) is 10.3 Å². The van der Waals surface area contributed by atoms with Crippen LogP contribution >= 0.6 is 0 Å². The van der Waals surface area contributed by atoms with E-state index in [4.69, 9.17) is 5.26 Å². The first kappa shape index (κ1) is 19.3. The lowest BCUT2D eigenvalue weighted by Gasteiger charge is -2.16. The number of aromatic amines is 1. The Morgan fingerprint density at radius 2 is 2.04 bits per heavy atom. The number of aromatic nitrogens is 1. The molecule has 2 rings (SSSR count). The van der Waals surface area contributed by atoms with Crippen molar-refractivity contribution in [3.8, 4) is 6.07 Å². The molecule has 0 aliphatic heterocycles. The fraction of sp³-hybridized carbons (Fsp3) is 0.316. The van der Waals surface area contributed by atoms with E-state index in [1.807, 2.05) is 6.07 Å². The van der Waals surface area contributed by atoms with Gasteiger partial charge in [0.2, 0.25) is 5.91 Å². The number of pyridine rings is 1. The molecule has 7 heteroatoms. The zero-order chi connectivity index (χ0) is 19.4. The number of nitrogens with zero attached hydrogens (tertiary/aromatic N) is 1. The number of hydrogen-bond donors (Lipinski definition) is 2. The first-order chi connectivity index (χ1) is 12.2. The maximum Gasteiger partial charge on any atom is 0.266 e. The van der Waals surface area contributed by atoms with Gasteiger partial charge >= 0.3 is 0 Å². The van der Waals surface area contributed by atoms with Crippen LogP contribution in [0.2, 0.25) is 0 Å². The van der Waals surface area contributed by atoms with Crippen LogP contribution in [0.25, 0.3) is 0 Å². The summed E-state index contributed by atoms with van der Waals surface area (Å²) in [6, 6.07) is 4.46. The molecule has 1 amide bonds. The summed E-state index contributed by atoms with van der Waals surface area (Å²) >= 11 is 0. The van der Waals surface area contributed by atoms with Crippen LogP contribution in [0.4, 0.5) is 8.78 Å². The SMILES string of the molecule is Cc1[nH]c(=O)c(C#N)c(C)c1CCC(=O)N[C@H](C)c1ccc(F)cc1F. The summed E-state index contributed by atoms with van der Waals surface area (Å²) in [4.78, 5) is 26.5. The minimum absolute atomic E-state index is 0.0350. The van der Waals surface area contributed by atoms with Crippen molar-refractivity contribution in [1.29, 1.82) is 5.26 Å². The van der Waals surface area contributed by atoms with Crippen LogP contribution in [-0.4, -0.2) is 10.9 Å². The minimum Gasteiger partial charge on any atom is -0.349 e. The van der Waals surface area contributed by atoms with E-state index >= 15 is 0 Å². The number of halogens is 2. The van der Waals surface area contributed by atoms with E-state index in [1.165, 1.54) is 6.07 Å². The molecule has 1 atom stereocenters. The molecule has 0 aliphatic carbocycles. The summed E-state index contributed by atoms with van der Waals surface area (Å²) in [5, 5.41) is 11.7. The van der Waals surface area contributed by atoms with Gasteiger partial charge in [0.25, 0.3) is 5.56 Å². The Hall–Kier alpha value is -3.01. The Morgan fingerprint density at radius 1 is 1.35 bits per heavy atom. The van der Waals surface area contributed by atoms with E-state index in [1.54, 1.807) is 20.8 Å². The summed E-state index contributed by atoms with van der Waals surface area (Å²) in [6.45, 7) is 4.99. The Morgan fingerprint density at radius 3 is 2.65 bits per heavy atom. The highest BCUT2D eigenvalue weighted by atomic mass is 19.1. The van der Waals surface area contributed by atoms with Gasteiger partial charge in [-0.1, -0.05) is 6.07 Å². The average molecular weight is 359 g/mol. The monoisotopic (exact) mass is 359 g/mol. The molecular formula is C19H19F2N3O2. The predicted octanol–water partition coefficient (Wildman–Crippen LogP) is 2.95. The Kier molecular flexibility index (Phi) is 5.88. The number of nitrogens with one attached hydrogen (secondary N) is 2. The van der Waals surface area contributed by atoms with Crippen molar-refractivity contribution >= 4 is 5.91 Å². The topological polar surface area (TPSA) is 85.8 Å². The number of carbonyl (C=O) groups excluding carboxylic acids is 1. The summed E-state index contributed by atoms with van der Waals surface area (Å²) < 4.78 is 26.7. The number of rotatable bonds is 5. The van der Waals surface area contributed by atoms with E-state index in [0.717, 1.165) is 17.7 Å². The largest absolute Gasteiger partial charge is 0.349 e. The molecule has 0 saturated carbocycles. The van der Waals surface area contributed by atoms with Gasteiger partial charge in [0.15, 0.2) is 0 Å². The fourth-order valence-corrected chi connectivity index (χ4v) is 2.90. The lowest BCUT2D eigenvalue weighted by molar-refractivity contribution is -0.121. The molecule has 5 nitrogen and oxygen atoms in total. The molecule has 0 unspecified atom stereocenters. The van der Waals surface area contributed by atoms with Gasteiger partial charge in [0.05, 0.1) is 6.04 Å². The van der Waals surface area contributed by atoms with Crippen LogP contribution in [0.3, 0.4) is 0 Å². The van der Waals surface area contributed by atoms with Gasteiger partial charge in [-0.25, -0.2) is 8.78 Å². The maximum absolute atomic E-state index is 13.8. The first-order valence-electron chi connectivity index (χ1n) is 8.11. The lowest BCUT2D eigenvalue weighted by atomic mass is 9.99. The van der Waals surface area contributed by atoms with Crippen LogP contribution in [-0.2, 0) is 11.2 Å². The molecule has 0 fully saturated rings. The Bertz CT molecular complexity index is 945. The number of carbonyl (C=O) groups is 1. The first-order valence-corrected chi connectivity index (χ1v) is 8.11. The summed E-state index contributed by atoms with van der Waals surface area (Å²) in [5.74, 6) is -1.71. The Labute approximate surface area is 149 Å². The van der Waals surface area contributed by atoms with Gasteiger partial charge in [-0.3, -0.25) is 9.59 Å². The number of hydrogen-bond acceptors (Lipinski definition) is 3. The highest BCUT2D eigenvalue weighted by molar-refractivity contribution is 5.76. The fourth-order valence-electron chi connectivity index (χ4n) is 2.90. The van der Waals surface area contributed by atoms with Crippen LogP contribution in [0, 0.1) is 36.8 Å². The van der Waals surface area contributed by atoms with E-state index in [9.17, 15) is 18.4 Å². The molecule has 0 radical (unpaired) electrons. The van der Waals surface area contributed by atoms with Crippen LogP contribution in [0.1, 0.15) is 47.3 Å². The van der Waals surface area contributed by atoms with E-state index < -0.39 is 23.2 Å². The standard InChI is InChI=1S/C19H19F2N3O2/c1-10-14(11(2)24-19(26)16(10)9-22)6-7-18(25)23-12(3)15-5-4-13(20)8-17(15)21/h4-5,8,12H,6-7H2,1-3H3,(H,23,25)(H,24,26)/t12-/m1/s1. The van der Waals surface area contributed by atoms with Crippen molar-refractivity contribution in [1.82, 2.24) is 10.3 Å². The zero-order valence-corrected chi connectivity index (χ0v) is 14.7. The molecule has 1 heterocycles. The number of benzene rings is 1. The third kappa shape index (κ3) is 4.14. The maximum atomic E-state index is 13.8. The zero-order valence-electron chi connectivity index (χ0n) is 14.7. The minimum atomic E-state index is -0.719. The second kappa shape index (κ2) is 7.91. The van der Waals surface area contributed by atoms with Crippen molar-refractivity contribution in [2.24, 2.45) is 0 Å². The highest BCUT2D eigenvalue weighted by Crippen LogP contribution is 2.19. The van der Waals surface area contributed by atoms with Crippen molar-refractivity contribution < 1.29 is 13.6 Å². The molecule has 26 heavy (non-hydrogen) atoms. The highest BCUT2D eigenvalue weighted by Gasteiger charge is 2.16. The Balaban J connectivity index is 2.08. The molecule has 0 spiro atoms. The third-order valence-corrected chi connectivity index (χ3v) is 4.33. The van der Waals surface area contributed by atoms with Gasteiger partial charge in [0.1, 0.15) is 23.3 Å². The molecule has 0 aliphatic rings. The van der Waals surface area contributed by atoms with Crippen molar-refractivity contribution in [3.63, 3.8) is 0 Å². The molecule has 1 aromatic heterocycles. The molecule has 0 saturated heterocycles. The van der Waals surface area contributed by atoms with Crippen molar-refractivity contribution in [2.75, 3.05) is 0 Å². The van der Waals surface area contributed by atoms with Crippen LogP contribution in [0.15, 0.2) is 23.0 Å². The van der Waals surface area contributed by atoms with Crippen molar-refractivity contribution in [3.05, 3.63) is 68.1 Å². The van der Waals surface area contributed by atoms with Gasteiger partial charge < -0.3 is 10.3 Å². The quantitative estimate of drug-likeness (QED) is 0.861. The van der Waals surface area contributed by atoms with Crippen molar-refractivity contribution in [2.45, 2.75) is 39.7 Å². The second-order valence-electron chi connectivity index (χ2n) is 6.12. The number of nitriles is 1. The summed E-state index contributed by atoms with van der Waals surface area (Å²) in [5.41, 5.74) is 1.68. The molecule has 2 N–H and O–H groups in total. The predicted molar refractivity (Wildman–Crippen MR) is 92.5 cm³/mol. The average Bonchev–Trinajstić information content (AvgIpc) is 2.54. The van der Waals surface area contributed by atoms with Gasteiger partial charge in [-0.15, -0.1) is 0 Å². The number of amides is 1. The number of H-pyrrole nitrogens is 1. The molecule has 1 aromatic carbocycles. The summed E-state index contributed by atoms with van der Waals surface area (Å²) in [7, 11) is 0. The van der Waals surface area contributed by atoms with Gasteiger partial charge in [-0.2, -0.15) is 5.26 Å². The summed E-state index contributed by atoms with van der Waals surface area (Å²) in [6.07, 6.45) is 0.430. The van der Waals surface area contributed by atoms with E-state index in [0.29, 0.717) is 17.7 Å².